The minimum absolute atomic E-state index is 0.00556. The summed E-state index contributed by atoms with van der Waals surface area (Å²) in [7, 11) is 0. The molecular weight excluding hydrogens is 234 g/mol. The van der Waals surface area contributed by atoms with E-state index in [9.17, 15) is 9.59 Å². The van der Waals surface area contributed by atoms with Crippen LogP contribution in [0.5, 0.6) is 0 Å². The molecule has 1 amide bonds. The zero-order chi connectivity index (χ0) is 11.2. The highest BCUT2D eigenvalue weighted by molar-refractivity contribution is 8.22. The first-order valence-electron chi connectivity index (χ1n) is 4.63. The Kier molecular flexibility index (Phi) is 2.72. The molecule has 0 radical (unpaired) electrons. The molecule has 4 nitrogen and oxygen atoms in total. The predicted octanol–water partition coefficient (Wildman–Crippen LogP) is 1.54. The van der Waals surface area contributed by atoms with Gasteiger partial charge in [0, 0.05) is 0 Å². The first-order chi connectivity index (χ1) is 7.11. The maximum absolute atomic E-state index is 11.7. The minimum Gasteiger partial charge on any atom is -0.477 e. The molecule has 2 aliphatic rings. The van der Waals surface area contributed by atoms with E-state index in [1.54, 1.807) is 0 Å². The summed E-state index contributed by atoms with van der Waals surface area (Å²) < 4.78 is 0.747. The number of carbonyl (C=O) groups excluding carboxylic acids is 1. The number of aliphatic carboxylic acids is 1. The number of carboxylic acids is 1. The molecule has 0 aromatic heterocycles. The van der Waals surface area contributed by atoms with Gasteiger partial charge in [0.1, 0.15) is 0 Å². The second-order valence-corrected chi connectivity index (χ2v) is 5.58. The zero-order valence-electron chi connectivity index (χ0n) is 8.39. The number of carboxylic acid groups (broad SMARTS) is 1. The van der Waals surface area contributed by atoms with E-state index >= 15 is 0 Å². The van der Waals surface area contributed by atoms with Crippen LogP contribution in [0.2, 0.25) is 0 Å². The molecule has 0 aromatic rings. The SMILES string of the molecule is CC[C@H]1C(=O)N2C(C(=O)O)=C(SC)S[C@H]12. The van der Waals surface area contributed by atoms with Crippen molar-refractivity contribution in [2.24, 2.45) is 5.92 Å². The number of carbonyl (C=O) groups is 2. The molecular formula is C9H11NO3S2. The molecule has 1 saturated heterocycles. The molecule has 15 heavy (non-hydrogen) atoms. The molecule has 1 fully saturated rings. The molecule has 6 heteroatoms. The van der Waals surface area contributed by atoms with Gasteiger partial charge in [0.25, 0.3) is 0 Å². The van der Waals surface area contributed by atoms with Crippen molar-refractivity contribution in [1.82, 2.24) is 4.90 Å². The van der Waals surface area contributed by atoms with E-state index in [2.05, 4.69) is 0 Å². The quantitative estimate of drug-likeness (QED) is 0.764. The van der Waals surface area contributed by atoms with Crippen molar-refractivity contribution in [1.29, 1.82) is 0 Å². The summed E-state index contributed by atoms with van der Waals surface area (Å²) >= 11 is 2.90. The number of hydrogen-bond donors (Lipinski definition) is 1. The van der Waals surface area contributed by atoms with Gasteiger partial charge in [0.15, 0.2) is 5.70 Å². The summed E-state index contributed by atoms with van der Waals surface area (Å²) in [5, 5.41) is 9.06. The molecule has 0 bridgehead atoms. The van der Waals surface area contributed by atoms with Gasteiger partial charge in [-0.25, -0.2) is 4.79 Å². The highest BCUT2D eigenvalue weighted by Gasteiger charge is 2.54. The highest BCUT2D eigenvalue weighted by Crippen LogP contribution is 2.52. The molecule has 0 spiro atoms. The van der Waals surface area contributed by atoms with Crippen molar-refractivity contribution >= 4 is 35.4 Å². The van der Waals surface area contributed by atoms with Crippen LogP contribution in [0.15, 0.2) is 9.93 Å². The number of fused-ring (bicyclic) bond motifs is 1. The number of thioether (sulfide) groups is 2. The second kappa shape index (κ2) is 3.75. The molecule has 2 heterocycles. The maximum atomic E-state index is 11.7. The summed E-state index contributed by atoms with van der Waals surface area (Å²) in [6, 6.07) is 0. The Morgan fingerprint density at radius 3 is 2.80 bits per heavy atom. The van der Waals surface area contributed by atoms with Crippen LogP contribution in [-0.4, -0.2) is 33.5 Å². The number of nitrogens with zero attached hydrogens (tertiary/aromatic N) is 1. The molecule has 0 unspecified atom stereocenters. The molecule has 0 aliphatic carbocycles. The van der Waals surface area contributed by atoms with Crippen LogP contribution in [-0.2, 0) is 9.59 Å². The fourth-order valence-corrected chi connectivity index (χ4v) is 4.24. The molecule has 82 valence electrons. The van der Waals surface area contributed by atoms with Crippen LogP contribution in [0.4, 0.5) is 0 Å². The first kappa shape index (κ1) is 10.9. The van der Waals surface area contributed by atoms with Gasteiger partial charge in [-0.2, -0.15) is 0 Å². The lowest BCUT2D eigenvalue weighted by Gasteiger charge is -2.41. The van der Waals surface area contributed by atoms with Crippen molar-refractivity contribution in [3.8, 4) is 0 Å². The average Bonchev–Trinajstić information content (AvgIpc) is 2.53. The van der Waals surface area contributed by atoms with Crippen LogP contribution >= 0.6 is 23.5 Å². The summed E-state index contributed by atoms with van der Waals surface area (Å²) in [4.78, 5) is 24.1. The largest absolute Gasteiger partial charge is 0.477 e. The van der Waals surface area contributed by atoms with Gasteiger partial charge in [-0.15, -0.1) is 11.8 Å². The standard InChI is InChI=1S/C9H11NO3S2/c1-3-4-6(11)10-5(8(12)13)9(14-2)15-7(4)10/h4,7H,3H2,1-2H3,(H,12,13)/t4-,7+/m0/s1. The fourth-order valence-electron chi connectivity index (χ4n) is 1.87. The maximum Gasteiger partial charge on any atom is 0.354 e. The van der Waals surface area contributed by atoms with E-state index in [-0.39, 0.29) is 22.9 Å². The van der Waals surface area contributed by atoms with Gasteiger partial charge in [0.2, 0.25) is 5.91 Å². The third kappa shape index (κ3) is 1.38. The number of β-lactam (4-membered cyclic amide) rings is 1. The molecule has 2 rings (SSSR count). The number of rotatable bonds is 3. The van der Waals surface area contributed by atoms with Crippen molar-refractivity contribution in [3.05, 3.63) is 9.93 Å². The molecule has 1 N–H and O–H groups in total. The van der Waals surface area contributed by atoms with E-state index < -0.39 is 5.97 Å². The van der Waals surface area contributed by atoms with Gasteiger partial charge < -0.3 is 5.11 Å². The monoisotopic (exact) mass is 245 g/mol. The van der Waals surface area contributed by atoms with E-state index in [4.69, 9.17) is 5.11 Å². The third-order valence-electron chi connectivity index (χ3n) is 2.64. The second-order valence-electron chi connectivity index (χ2n) is 3.38. The first-order valence-corrected chi connectivity index (χ1v) is 6.73. The summed E-state index contributed by atoms with van der Waals surface area (Å²) in [6.45, 7) is 1.96. The lowest BCUT2D eigenvalue weighted by molar-refractivity contribution is -0.151. The van der Waals surface area contributed by atoms with Crippen molar-refractivity contribution in [2.45, 2.75) is 18.7 Å². The van der Waals surface area contributed by atoms with E-state index in [0.717, 1.165) is 10.7 Å². The van der Waals surface area contributed by atoms with E-state index in [1.807, 2.05) is 13.2 Å². The van der Waals surface area contributed by atoms with Gasteiger partial charge >= 0.3 is 5.97 Å². The molecule has 0 aromatic carbocycles. The highest BCUT2D eigenvalue weighted by atomic mass is 32.2. The van der Waals surface area contributed by atoms with Crippen molar-refractivity contribution in [3.63, 3.8) is 0 Å². The van der Waals surface area contributed by atoms with Gasteiger partial charge in [-0.05, 0) is 12.7 Å². The van der Waals surface area contributed by atoms with Gasteiger partial charge in [-0.1, -0.05) is 18.7 Å². The lowest BCUT2D eigenvalue weighted by Crippen LogP contribution is -2.56. The van der Waals surface area contributed by atoms with Crippen LogP contribution in [0, 0.1) is 5.92 Å². The third-order valence-corrected chi connectivity index (χ3v) is 5.18. The number of amides is 1. The Hall–Kier alpha value is -0.620. The average molecular weight is 245 g/mol. The van der Waals surface area contributed by atoms with Crippen LogP contribution < -0.4 is 0 Å². The predicted molar refractivity (Wildman–Crippen MR) is 60.2 cm³/mol. The van der Waals surface area contributed by atoms with E-state index in [0.29, 0.717) is 0 Å². The number of hydrogen-bond acceptors (Lipinski definition) is 4. The van der Waals surface area contributed by atoms with Crippen LogP contribution in [0.25, 0.3) is 0 Å². The summed E-state index contributed by atoms with van der Waals surface area (Å²) in [5.41, 5.74) is 0.173. The Morgan fingerprint density at radius 1 is 1.67 bits per heavy atom. The van der Waals surface area contributed by atoms with Gasteiger partial charge in [0.05, 0.1) is 15.5 Å². The zero-order valence-corrected chi connectivity index (χ0v) is 10.0. The Bertz CT molecular complexity index is 366. The fraction of sp³-hybridized carbons (Fsp3) is 0.556. The topological polar surface area (TPSA) is 57.6 Å². The molecule has 2 aliphatic heterocycles. The Labute approximate surface area is 96.1 Å². The van der Waals surface area contributed by atoms with Gasteiger partial charge in [-0.3, -0.25) is 9.69 Å². The van der Waals surface area contributed by atoms with Crippen molar-refractivity contribution in [2.75, 3.05) is 6.26 Å². The molecule has 2 atom stereocenters. The minimum atomic E-state index is -1.00. The lowest BCUT2D eigenvalue weighted by atomic mass is 9.95. The van der Waals surface area contributed by atoms with E-state index in [1.165, 1.54) is 28.4 Å². The Balaban J connectivity index is 2.29. The van der Waals surface area contributed by atoms with Crippen molar-refractivity contribution < 1.29 is 14.7 Å². The normalized spacial score (nSPS) is 29.2. The molecule has 0 saturated carbocycles. The summed E-state index contributed by atoms with van der Waals surface area (Å²) in [5.74, 6) is -1.05. The summed E-state index contributed by atoms with van der Waals surface area (Å²) in [6.07, 6.45) is 2.62. The Morgan fingerprint density at radius 2 is 2.33 bits per heavy atom. The van der Waals surface area contributed by atoms with Crippen LogP contribution in [0.3, 0.4) is 0 Å². The smallest absolute Gasteiger partial charge is 0.354 e. The van der Waals surface area contributed by atoms with Crippen LogP contribution in [0.1, 0.15) is 13.3 Å².